The van der Waals surface area contributed by atoms with Crippen molar-refractivity contribution in [1.82, 2.24) is 10.3 Å². The molecule has 0 saturated carbocycles. The minimum absolute atomic E-state index is 0.232. The Balaban J connectivity index is 1.77. The van der Waals surface area contributed by atoms with Crippen molar-refractivity contribution in [3.8, 4) is 11.3 Å². The molecule has 1 aromatic heterocycles. The first-order chi connectivity index (χ1) is 12.4. The van der Waals surface area contributed by atoms with E-state index in [1.165, 1.54) is 35.1 Å². The number of hydrogen-bond acceptors (Lipinski definition) is 2. The van der Waals surface area contributed by atoms with Crippen LogP contribution in [0, 0.1) is 0 Å². The Morgan fingerprint density at radius 1 is 0.885 bits per heavy atom. The van der Waals surface area contributed by atoms with Gasteiger partial charge in [0.15, 0.2) is 0 Å². The minimum atomic E-state index is 0.232. The quantitative estimate of drug-likeness (QED) is 0.779. The second kappa shape index (κ2) is 6.35. The molecular formula is C24H30N2. The van der Waals surface area contributed by atoms with Crippen molar-refractivity contribution in [2.45, 2.75) is 57.8 Å². The van der Waals surface area contributed by atoms with Gasteiger partial charge in [-0.15, -0.1) is 0 Å². The number of pyridine rings is 1. The summed E-state index contributed by atoms with van der Waals surface area (Å²) in [6.45, 7) is 11.5. The number of aromatic nitrogens is 1. The maximum atomic E-state index is 5.00. The maximum absolute atomic E-state index is 5.00. The Labute approximate surface area is 157 Å². The Morgan fingerprint density at radius 2 is 1.62 bits per heavy atom. The highest BCUT2D eigenvalue weighted by Gasteiger charge is 2.37. The van der Waals surface area contributed by atoms with E-state index in [0.717, 1.165) is 30.9 Å². The zero-order valence-electron chi connectivity index (χ0n) is 16.5. The molecule has 0 unspecified atom stereocenters. The number of rotatable bonds is 2. The highest BCUT2D eigenvalue weighted by Crippen LogP contribution is 2.46. The van der Waals surface area contributed by atoms with Crippen LogP contribution in [0.15, 0.2) is 42.5 Å². The van der Waals surface area contributed by atoms with Crippen molar-refractivity contribution in [3.63, 3.8) is 0 Å². The molecule has 0 atom stereocenters. The fourth-order valence-electron chi connectivity index (χ4n) is 4.38. The zero-order valence-corrected chi connectivity index (χ0v) is 16.5. The second-order valence-corrected chi connectivity index (χ2v) is 9.12. The van der Waals surface area contributed by atoms with Crippen LogP contribution < -0.4 is 5.32 Å². The summed E-state index contributed by atoms with van der Waals surface area (Å²) in [5.74, 6) is 0. The Kier molecular flexibility index (Phi) is 4.27. The summed E-state index contributed by atoms with van der Waals surface area (Å²) in [4.78, 5) is 5.00. The summed E-state index contributed by atoms with van der Waals surface area (Å²) in [7, 11) is 0. The van der Waals surface area contributed by atoms with Gasteiger partial charge < -0.3 is 5.32 Å². The van der Waals surface area contributed by atoms with Crippen molar-refractivity contribution in [2.75, 3.05) is 13.1 Å². The monoisotopic (exact) mass is 346 g/mol. The second-order valence-electron chi connectivity index (χ2n) is 9.12. The molecule has 1 N–H and O–H groups in total. The molecule has 2 nitrogen and oxygen atoms in total. The SMILES string of the molecule is CC1(C)CCC(C)(C)c2cc(-c3cccc(C4=CCNCC4)n3)ccc21. The topological polar surface area (TPSA) is 24.9 Å². The molecular weight excluding hydrogens is 316 g/mol. The van der Waals surface area contributed by atoms with E-state index in [-0.39, 0.29) is 10.8 Å². The molecule has 0 spiro atoms. The van der Waals surface area contributed by atoms with Crippen molar-refractivity contribution < 1.29 is 0 Å². The Bertz CT molecular complexity index is 858. The predicted octanol–water partition coefficient (Wildman–Crippen LogP) is 5.47. The van der Waals surface area contributed by atoms with Gasteiger partial charge in [0.2, 0.25) is 0 Å². The molecule has 0 saturated heterocycles. The molecule has 1 aliphatic heterocycles. The van der Waals surface area contributed by atoms with Crippen LogP contribution in [0.25, 0.3) is 16.8 Å². The van der Waals surface area contributed by atoms with Gasteiger partial charge in [-0.05, 0) is 71.5 Å². The predicted molar refractivity (Wildman–Crippen MR) is 110 cm³/mol. The van der Waals surface area contributed by atoms with E-state index in [4.69, 9.17) is 4.98 Å². The molecule has 1 aromatic carbocycles. The molecule has 0 fully saturated rings. The van der Waals surface area contributed by atoms with Crippen molar-refractivity contribution in [1.29, 1.82) is 0 Å². The molecule has 1 aliphatic carbocycles. The van der Waals surface area contributed by atoms with Gasteiger partial charge in [0.1, 0.15) is 0 Å². The molecule has 0 radical (unpaired) electrons. The number of nitrogens with zero attached hydrogens (tertiary/aromatic N) is 1. The summed E-state index contributed by atoms with van der Waals surface area (Å²) in [6.07, 6.45) is 5.82. The van der Waals surface area contributed by atoms with E-state index >= 15 is 0 Å². The molecule has 26 heavy (non-hydrogen) atoms. The fourth-order valence-corrected chi connectivity index (χ4v) is 4.38. The fraction of sp³-hybridized carbons (Fsp3) is 0.458. The molecule has 2 aliphatic rings. The average molecular weight is 347 g/mol. The van der Waals surface area contributed by atoms with Crippen LogP contribution in [0.4, 0.5) is 0 Å². The molecule has 0 bridgehead atoms. The van der Waals surface area contributed by atoms with Gasteiger partial charge in [-0.2, -0.15) is 0 Å². The van der Waals surface area contributed by atoms with Crippen molar-refractivity contribution >= 4 is 5.57 Å². The van der Waals surface area contributed by atoms with E-state index in [1.54, 1.807) is 0 Å². The number of nitrogens with one attached hydrogen (secondary N) is 1. The first-order valence-electron chi connectivity index (χ1n) is 9.89. The van der Waals surface area contributed by atoms with Crippen LogP contribution >= 0.6 is 0 Å². The molecule has 4 rings (SSSR count). The third-order valence-electron chi connectivity index (χ3n) is 6.29. The van der Waals surface area contributed by atoms with E-state index in [1.807, 2.05) is 0 Å². The Morgan fingerprint density at radius 3 is 2.35 bits per heavy atom. The van der Waals surface area contributed by atoms with E-state index in [9.17, 15) is 0 Å². The number of hydrogen-bond donors (Lipinski definition) is 1. The smallest absolute Gasteiger partial charge is 0.0709 e. The summed E-state index contributed by atoms with van der Waals surface area (Å²) < 4.78 is 0. The van der Waals surface area contributed by atoms with Crippen LogP contribution in [0.3, 0.4) is 0 Å². The van der Waals surface area contributed by atoms with Gasteiger partial charge >= 0.3 is 0 Å². The highest BCUT2D eigenvalue weighted by molar-refractivity contribution is 5.68. The lowest BCUT2D eigenvalue weighted by molar-refractivity contribution is 0.332. The summed E-state index contributed by atoms with van der Waals surface area (Å²) in [6, 6.07) is 13.5. The summed E-state index contributed by atoms with van der Waals surface area (Å²) in [5, 5.41) is 3.38. The van der Waals surface area contributed by atoms with Crippen LogP contribution in [0.1, 0.15) is 63.8 Å². The molecule has 136 valence electrons. The van der Waals surface area contributed by atoms with E-state index in [2.05, 4.69) is 75.5 Å². The third kappa shape index (κ3) is 3.12. The average Bonchev–Trinajstić information content (AvgIpc) is 2.66. The lowest BCUT2D eigenvalue weighted by Crippen LogP contribution is -2.33. The normalized spacial score (nSPS) is 21.0. The van der Waals surface area contributed by atoms with Gasteiger partial charge in [0.25, 0.3) is 0 Å². The Hall–Kier alpha value is -1.93. The maximum Gasteiger partial charge on any atom is 0.0709 e. The van der Waals surface area contributed by atoms with Crippen molar-refractivity contribution in [3.05, 3.63) is 59.3 Å². The van der Waals surface area contributed by atoms with Gasteiger partial charge in [0, 0.05) is 12.1 Å². The van der Waals surface area contributed by atoms with Crippen LogP contribution in [0.2, 0.25) is 0 Å². The number of fused-ring (bicyclic) bond motifs is 1. The molecule has 0 amide bonds. The molecule has 2 heteroatoms. The minimum Gasteiger partial charge on any atom is -0.313 e. The molecule has 2 aromatic rings. The standard InChI is InChI=1S/C24H30N2/c1-23(2)12-13-24(3,4)20-16-18(8-9-19(20)23)22-7-5-6-21(26-22)17-10-14-25-15-11-17/h5-10,16,25H,11-15H2,1-4H3. The first-order valence-corrected chi connectivity index (χ1v) is 9.89. The van der Waals surface area contributed by atoms with E-state index < -0.39 is 0 Å². The third-order valence-corrected chi connectivity index (χ3v) is 6.29. The van der Waals surface area contributed by atoms with Gasteiger partial charge in [-0.1, -0.05) is 52.0 Å². The van der Waals surface area contributed by atoms with E-state index in [0.29, 0.717) is 0 Å². The lowest BCUT2D eigenvalue weighted by Gasteiger charge is -2.42. The lowest BCUT2D eigenvalue weighted by atomic mass is 9.63. The summed E-state index contributed by atoms with van der Waals surface area (Å²) in [5.41, 5.74) is 8.32. The molecule has 2 heterocycles. The van der Waals surface area contributed by atoms with Gasteiger partial charge in [-0.25, -0.2) is 4.98 Å². The summed E-state index contributed by atoms with van der Waals surface area (Å²) >= 11 is 0. The van der Waals surface area contributed by atoms with Crippen molar-refractivity contribution in [2.24, 2.45) is 0 Å². The van der Waals surface area contributed by atoms with Crippen LogP contribution in [-0.4, -0.2) is 18.1 Å². The first kappa shape index (κ1) is 17.5. The highest BCUT2D eigenvalue weighted by atomic mass is 14.9. The largest absolute Gasteiger partial charge is 0.313 e. The van der Waals surface area contributed by atoms with Crippen LogP contribution in [0.5, 0.6) is 0 Å². The number of benzene rings is 1. The zero-order chi connectivity index (χ0) is 18.4. The van der Waals surface area contributed by atoms with Gasteiger partial charge in [0.05, 0.1) is 11.4 Å². The van der Waals surface area contributed by atoms with Gasteiger partial charge in [-0.3, -0.25) is 0 Å². The van der Waals surface area contributed by atoms with Crippen LogP contribution in [-0.2, 0) is 10.8 Å².